The van der Waals surface area contributed by atoms with Crippen LogP contribution in [0.5, 0.6) is 0 Å². The summed E-state index contributed by atoms with van der Waals surface area (Å²) >= 11 is 0. The zero-order valence-corrected chi connectivity index (χ0v) is 17.8. The Morgan fingerprint density at radius 3 is 2.70 bits per heavy atom. The Kier molecular flexibility index (Phi) is 6.48. The van der Waals surface area contributed by atoms with E-state index in [1.165, 1.54) is 16.1 Å². The van der Waals surface area contributed by atoms with Gasteiger partial charge in [-0.1, -0.05) is 25.1 Å². The number of halogens is 4. The van der Waals surface area contributed by atoms with E-state index in [0.29, 0.717) is 24.1 Å². The van der Waals surface area contributed by atoms with Crippen LogP contribution in [-0.4, -0.2) is 45.2 Å². The molecule has 6 nitrogen and oxygen atoms in total. The van der Waals surface area contributed by atoms with Crippen LogP contribution in [0.25, 0.3) is 28.5 Å². The highest BCUT2D eigenvalue weighted by Crippen LogP contribution is 2.36. The van der Waals surface area contributed by atoms with Gasteiger partial charge in [-0.3, -0.25) is 10.0 Å². The minimum atomic E-state index is -1.90. The fourth-order valence-corrected chi connectivity index (χ4v) is 4.27. The highest BCUT2D eigenvalue weighted by molar-refractivity contribution is 5.91. The lowest BCUT2D eigenvalue weighted by Gasteiger charge is -2.33. The van der Waals surface area contributed by atoms with Gasteiger partial charge in [0.25, 0.3) is 5.91 Å². The number of fused-ring (bicyclic) bond motifs is 1. The van der Waals surface area contributed by atoms with E-state index in [-0.39, 0.29) is 11.9 Å². The van der Waals surface area contributed by atoms with Crippen LogP contribution in [0, 0.1) is 23.3 Å². The molecule has 174 valence electrons. The molecule has 0 spiro atoms. The summed E-state index contributed by atoms with van der Waals surface area (Å²) in [5, 5.41) is 8.64. The van der Waals surface area contributed by atoms with E-state index < -0.39 is 40.2 Å². The van der Waals surface area contributed by atoms with Crippen LogP contribution in [0.2, 0.25) is 0 Å². The van der Waals surface area contributed by atoms with Gasteiger partial charge >= 0.3 is 0 Å². The van der Waals surface area contributed by atoms with E-state index in [0.717, 1.165) is 25.6 Å². The predicted molar refractivity (Wildman–Crippen MR) is 114 cm³/mol. The molecule has 10 heteroatoms. The third-order valence-electron chi connectivity index (χ3n) is 5.88. The molecule has 0 radical (unpaired) electrons. The molecule has 2 N–H and O–H groups in total. The number of likely N-dealkylation sites (tertiary alicyclic amines) is 1. The Morgan fingerprint density at radius 2 is 1.97 bits per heavy atom. The Hall–Kier alpha value is -3.24. The second-order valence-electron chi connectivity index (χ2n) is 7.88. The smallest absolute Gasteiger partial charge is 0.267 e. The predicted octanol–water partition coefficient (Wildman–Crippen LogP) is 4.44. The van der Waals surface area contributed by atoms with Crippen molar-refractivity contribution in [3.05, 3.63) is 59.2 Å². The standard InChI is InChI=1S/C23H22F4N4O2/c1-2-30-10-4-7-15(12-30)31-22-20(27)18(25)17(24)19(26)21(22)28-23(31)14-6-3-5-13(11-14)8-9-16(32)29-33/h3,5-6,8-9,11,15,33H,2,4,7,10,12H2,1H3,(H,29,32)/t15-/m1/s1. The zero-order valence-electron chi connectivity index (χ0n) is 17.8. The molecule has 2 heterocycles. The summed E-state index contributed by atoms with van der Waals surface area (Å²) < 4.78 is 59.2. The fourth-order valence-electron chi connectivity index (χ4n) is 4.27. The second kappa shape index (κ2) is 9.32. The minimum Gasteiger partial charge on any atom is -0.317 e. The van der Waals surface area contributed by atoms with Gasteiger partial charge in [0.05, 0.1) is 0 Å². The number of carbonyl (C=O) groups excluding carboxylic acids is 1. The summed E-state index contributed by atoms with van der Waals surface area (Å²) in [4.78, 5) is 17.6. The number of amides is 1. The normalized spacial score (nSPS) is 17.2. The summed E-state index contributed by atoms with van der Waals surface area (Å²) in [6.07, 6.45) is 3.96. The molecular weight excluding hydrogens is 440 g/mol. The van der Waals surface area contributed by atoms with Crippen molar-refractivity contribution in [3.8, 4) is 11.4 Å². The number of piperidine rings is 1. The average Bonchev–Trinajstić information content (AvgIpc) is 3.26. The molecule has 0 saturated carbocycles. The van der Waals surface area contributed by atoms with Crippen LogP contribution in [0.4, 0.5) is 17.6 Å². The molecule has 1 amide bonds. The number of carbonyl (C=O) groups is 1. The van der Waals surface area contributed by atoms with Gasteiger partial charge in [-0.05, 0) is 43.6 Å². The first-order chi connectivity index (χ1) is 15.8. The summed E-state index contributed by atoms with van der Waals surface area (Å²) in [6, 6.07) is 6.28. The monoisotopic (exact) mass is 462 g/mol. The van der Waals surface area contributed by atoms with Gasteiger partial charge in [0.15, 0.2) is 23.3 Å². The molecule has 3 aromatic rings. The van der Waals surface area contributed by atoms with Crippen LogP contribution >= 0.6 is 0 Å². The van der Waals surface area contributed by atoms with Crippen LogP contribution in [0.1, 0.15) is 31.4 Å². The molecule has 1 saturated heterocycles. The largest absolute Gasteiger partial charge is 0.317 e. The van der Waals surface area contributed by atoms with E-state index in [4.69, 9.17) is 5.21 Å². The van der Waals surface area contributed by atoms with Gasteiger partial charge in [-0.25, -0.2) is 28.0 Å². The molecule has 1 aromatic heterocycles. The first kappa shape index (κ1) is 22.9. The van der Waals surface area contributed by atoms with Crippen molar-refractivity contribution in [1.82, 2.24) is 19.9 Å². The van der Waals surface area contributed by atoms with Crippen molar-refractivity contribution in [3.63, 3.8) is 0 Å². The number of rotatable bonds is 5. The van der Waals surface area contributed by atoms with E-state index >= 15 is 0 Å². The molecule has 0 bridgehead atoms. The zero-order chi connectivity index (χ0) is 23.7. The third-order valence-corrected chi connectivity index (χ3v) is 5.88. The lowest BCUT2D eigenvalue weighted by molar-refractivity contribution is -0.124. The molecule has 33 heavy (non-hydrogen) atoms. The summed E-state index contributed by atoms with van der Waals surface area (Å²) in [6.45, 7) is 4.11. The van der Waals surface area contributed by atoms with Crippen molar-refractivity contribution >= 4 is 23.0 Å². The summed E-state index contributed by atoms with van der Waals surface area (Å²) in [5.74, 6) is -7.36. The first-order valence-electron chi connectivity index (χ1n) is 10.5. The Balaban J connectivity index is 1.93. The highest BCUT2D eigenvalue weighted by atomic mass is 19.2. The lowest BCUT2D eigenvalue weighted by atomic mass is 10.0. The van der Waals surface area contributed by atoms with Crippen LogP contribution in [-0.2, 0) is 4.79 Å². The van der Waals surface area contributed by atoms with Crippen molar-refractivity contribution in [2.24, 2.45) is 0 Å². The molecule has 1 fully saturated rings. The minimum absolute atomic E-state index is 0.164. The van der Waals surface area contributed by atoms with Crippen molar-refractivity contribution in [2.45, 2.75) is 25.8 Å². The second-order valence-corrected chi connectivity index (χ2v) is 7.88. The van der Waals surface area contributed by atoms with Gasteiger partial charge in [0, 0.05) is 24.2 Å². The number of hydrogen-bond donors (Lipinski definition) is 2. The topological polar surface area (TPSA) is 70.4 Å². The van der Waals surface area contributed by atoms with Crippen LogP contribution in [0.3, 0.4) is 0 Å². The van der Waals surface area contributed by atoms with Crippen molar-refractivity contribution in [1.29, 1.82) is 0 Å². The summed E-state index contributed by atoms with van der Waals surface area (Å²) in [7, 11) is 0. The maximum Gasteiger partial charge on any atom is 0.267 e. The first-order valence-corrected chi connectivity index (χ1v) is 10.5. The SMILES string of the molecule is CCN1CCC[C@@H](n2c(-c3cccc(C=CC(=O)NO)c3)nc3c(F)c(F)c(F)c(F)c32)C1. The van der Waals surface area contributed by atoms with E-state index in [9.17, 15) is 22.4 Å². The molecule has 1 atom stereocenters. The number of likely N-dealkylation sites (N-methyl/N-ethyl adjacent to an activating group) is 1. The lowest BCUT2D eigenvalue weighted by Crippen LogP contribution is -2.36. The summed E-state index contributed by atoms with van der Waals surface area (Å²) in [5.41, 5.74) is 1.50. The number of aromatic nitrogens is 2. The van der Waals surface area contributed by atoms with Crippen LogP contribution in [0.15, 0.2) is 30.3 Å². The maximum atomic E-state index is 15.0. The molecule has 1 aliphatic heterocycles. The Morgan fingerprint density at radius 1 is 1.21 bits per heavy atom. The van der Waals surface area contributed by atoms with Crippen molar-refractivity contribution < 1.29 is 27.6 Å². The van der Waals surface area contributed by atoms with Gasteiger partial charge in [-0.15, -0.1) is 0 Å². The number of nitrogens with zero attached hydrogens (tertiary/aromatic N) is 3. The number of hydroxylamine groups is 1. The molecule has 0 aliphatic carbocycles. The van der Waals surface area contributed by atoms with Gasteiger partial charge in [0.2, 0.25) is 0 Å². The van der Waals surface area contributed by atoms with E-state index in [2.05, 4.69) is 9.88 Å². The number of benzene rings is 2. The van der Waals surface area contributed by atoms with Gasteiger partial charge in [-0.2, -0.15) is 0 Å². The molecular formula is C23H22F4N4O2. The maximum absolute atomic E-state index is 15.0. The van der Waals surface area contributed by atoms with Gasteiger partial charge in [0.1, 0.15) is 16.9 Å². The Labute approximate surface area is 187 Å². The molecule has 4 rings (SSSR count). The van der Waals surface area contributed by atoms with E-state index in [1.54, 1.807) is 24.3 Å². The number of nitrogens with one attached hydrogen (secondary N) is 1. The fraction of sp³-hybridized carbons (Fsp3) is 0.304. The third kappa shape index (κ3) is 4.23. The molecule has 0 unspecified atom stereocenters. The Bertz CT molecular complexity index is 1240. The quantitative estimate of drug-likeness (QED) is 0.147. The van der Waals surface area contributed by atoms with Gasteiger partial charge < -0.3 is 9.47 Å². The molecule has 2 aromatic carbocycles. The average molecular weight is 462 g/mol. The molecule has 1 aliphatic rings. The van der Waals surface area contributed by atoms with Crippen molar-refractivity contribution in [2.75, 3.05) is 19.6 Å². The number of imidazole rings is 1. The van der Waals surface area contributed by atoms with E-state index in [1.807, 2.05) is 6.92 Å². The highest BCUT2D eigenvalue weighted by Gasteiger charge is 2.31. The number of hydrogen-bond acceptors (Lipinski definition) is 4. The van der Waals surface area contributed by atoms with Crippen LogP contribution < -0.4 is 5.48 Å².